The van der Waals surface area contributed by atoms with Gasteiger partial charge in [0.2, 0.25) is 0 Å². The van der Waals surface area contributed by atoms with Crippen molar-refractivity contribution in [3.63, 3.8) is 0 Å². The molecular weight excluding hydrogens is 260 g/mol. The number of amides is 1. The maximum atomic E-state index is 12.0. The van der Waals surface area contributed by atoms with E-state index in [4.69, 9.17) is 5.11 Å². The van der Waals surface area contributed by atoms with Crippen molar-refractivity contribution in [2.24, 2.45) is 0 Å². The smallest absolute Gasteiger partial charge is 0.270 e. The number of carbonyl (C=O) groups excluding carboxylic acids is 1. The molecule has 2 aromatic heterocycles. The average molecular weight is 274 g/mol. The van der Waals surface area contributed by atoms with Crippen molar-refractivity contribution >= 4 is 17.2 Å². The molecule has 0 fully saturated rings. The highest BCUT2D eigenvalue weighted by Gasteiger charge is 2.13. The number of nitrogens with one attached hydrogen (secondary N) is 1. The third-order valence-electron chi connectivity index (χ3n) is 2.53. The first-order chi connectivity index (χ1) is 9.20. The lowest BCUT2D eigenvalue weighted by Crippen LogP contribution is -2.26. The molecule has 0 aromatic carbocycles. The first-order valence-electron chi connectivity index (χ1n) is 5.76. The van der Waals surface area contributed by atoms with Gasteiger partial charge < -0.3 is 15.0 Å². The van der Waals surface area contributed by atoms with Gasteiger partial charge in [0, 0.05) is 29.1 Å². The average Bonchev–Trinajstić information content (AvgIpc) is 3.06. The molecule has 2 aromatic rings. The number of aliphatic hydroxyl groups excluding tert-OH is 1. The summed E-state index contributed by atoms with van der Waals surface area (Å²) in [5.74, 6) is 5.41. The Labute approximate surface area is 115 Å². The first-order valence-corrected chi connectivity index (χ1v) is 6.64. The Bertz CT molecular complexity index is 605. The summed E-state index contributed by atoms with van der Waals surface area (Å²) in [6.45, 7) is 0.402. The summed E-state index contributed by atoms with van der Waals surface area (Å²) >= 11 is 1.55. The van der Waals surface area contributed by atoms with Gasteiger partial charge in [0.25, 0.3) is 5.91 Å². The van der Waals surface area contributed by atoms with Crippen LogP contribution < -0.4 is 0 Å². The largest absolute Gasteiger partial charge is 0.384 e. The SMILES string of the molecule is CN(Cc1cc(C#CCO)cs1)C(=O)c1ccc[nH]1. The number of aromatic nitrogens is 1. The summed E-state index contributed by atoms with van der Waals surface area (Å²) in [6, 6.07) is 5.49. The molecule has 0 aliphatic carbocycles. The van der Waals surface area contributed by atoms with Gasteiger partial charge in [-0.05, 0) is 18.2 Å². The van der Waals surface area contributed by atoms with E-state index >= 15 is 0 Å². The summed E-state index contributed by atoms with van der Waals surface area (Å²) in [4.78, 5) is 17.6. The second kappa shape index (κ2) is 6.23. The van der Waals surface area contributed by atoms with Gasteiger partial charge in [0.05, 0.1) is 6.54 Å². The van der Waals surface area contributed by atoms with Crippen molar-refractivity contribution in [3.05, 3.63) is 45.9 Å². The molecule has 0 unspecified atom stereocenters. The normalized spacial score (nSPS) is 9.79. The van der Waals surface area contributed by atoms with Crippen LogP contribution in [0.25, 0.3) is 0 Å². The monoisotopic (exact) mass is 274 g/mol. The van der Waals surface area contributed by atoms with Crippen molar-refractivity contribution < 1.29 is 9.90 Å². The van der Waals surface area contributed by atoms with Gasteiger partial charge in [0.15, 0.2) is 0 Å². The van der Waals surface area contributed by atoms with E-state index in [-0.39, 0.29) is 12.5 Å². The molecule has 98 valence electrons. The fraction of sp³-hybridized carbons (Fsp3) is 0.214. The van der Waals surface area contributed by atoms with Crippen LogP contribution in [0.3, 0.4) is 0 Å². The highest BCUT2D eigenvalue weighted by molar-refractivity contribution is 7.10. The van der Waals surface area contributed by atoms with E-state index in [2.05, 4.69) is 16.8 Å². The zero-order chi connectivity index (χ0) is 13.7. The Morgan fingerprint density at radius 2 is 2.42 bits per heavy atom. The molecule has 0 aliphatic rings. The Kier molecular flexibility index (Phi) is 4.39. The summed E-state index contributed by atoms with van der Waals surface area (Å²) in [5.41, 5.74) is 1.45. The molecule has 4 nitrogen and oxygen atoms in total. The number of hydrogen-bond donors (Lipinski definition) is 2. The quantitative estimate of drug-likeness (QED) is 0.837. The lowest BCUT2D eigenvalue weighted by atomic mass is 10.3. The van der Waals surface area contributed by atoms with E-state index in [1.165, 1.54) is 0 Å². The minimum atomic E-state index is -0.142. The maximum Gasteiger partial charge on any atom is 0.270 e. The summed E-state index contributed by atoms with van der Waals surface area (Å²) in [5, 5.41) is 10.6. The fourth-order valence-corrected chi connectivity index (χ4v) is 2.51. The van der Waals surface area contributed by atoms with E-state index in [0.29, 0.717) is 12.2 Å². The lowest BCUT2D eigenvalue weighted by molar-refractivity contribution is 0.0781. The summed E-state index contributed by atoms with van der Waals surface area (Å²) in [7, 11) is 1.77. The van der Waals surface area contributed by atoms with Crippen LogP contribution in [-0.2, 0) is 6.54 Å². The number of nitrogens with zero attached hydrogens (tertiary/aromatic N) is 1. The van der Waals surface area contributed by atoms with Crippen molar-refractivity contribution in [1.82, 2.24) is 9.88 Å². The highest BCUT2D eigenvalue weighted by Crippen LogP contribution is 2.16. The van der Waals surface area contributed by atoms with Crippen molar-refractivity contribution in [2.45, 2.75) is 6.54 Å². The molecule has 19 heavy (non-hydrogen) atoms. The van der Waals surface area contributed by atoms with Gasteiger partial charge in [-0.15, -0.1) is 11.3 Å². The number of aliphatic hydroxyl groups is 1. The molecule has 2 N–H and O–H groups in total. The van der Waals surface area contributed by atoms with Gasteiger partial charge in [-0.25, -0.2) is 0 Å². The van der Waals surface area contributed by atoms with E-state index in [1.807, 2.05) is 11.4 Å². The van der Waals surface area contributed by atoms with Crippen LogP contribution in [0.1, 0.15) is 20.9 Å². The Balaban J connectivity index is 2.01. The predicted octanol–water partition coefficient (Wildman–Crippen LogP) is 1.69. The van der Waals surface area contributed by atoms with Crippen molar-refractivity contribution in [3.8, 4) is 11.8 Å². The van der Waals surface area contributed by atoms with Crippen LogP contribution in [0.15, 0.2) is 29.8 Å². The van der Waals surface area contributed by atoms with Crippen LogP contribution in [-0.4, -0.2) is 34.6 Å². The molecule has 0 bridgehead atoms. The number of carbonyl (C=O) groups is 1. The molecule has 1 amide bonds. The van der Waals surface area contributed by atoms with Crippen LogP contribution in [0.5, 0.6) is 0 Å². The predicted molar refractivity (Wildman–Crippen MR) is 74.9 cm³/mol. The van der Waals surface area contributed by atoms with Crippen LogP contribution in [0.2, 0.25) is 0 Å². The number of hydrogen-bond acceptors (Lipinski definition) is 3. The number of aromatic amines is 1. The minimum absolute atomic E-state index is 0.0404. The van der Waals surface area contributed by atoms with E-state index < -0.39 is 0 Å². The third kappa shape index (κ3) is 3.47. The zero-order valence-electron chi connectivity index (χ0n) is 10.5. The number of thiophene rings is 1. The van der Waals surface area contributed by atoms with E-state index in [1.54, 1.807) is 41.6 Å². The van der Waals surface area contributed by atoms with Gasteiger partial charge in [-0.3, -0.25) is 4.79 Å². The van der Waals surface area contributed by atoms with Crippen LogP contribution >= 0.6 is 11.3 Å². The number of rotatable bonds is 3. The third-order valence-corrected chi connectivity index (χ3v) is 3.46. The lowest BCUT2D eigenvalue weighted by Gasteiger charge is -2.14. The Hall–Kier alpha value is -2.03. The first kappa shape index (κ1) is 13.4. The second-order valence-corrected chi connectivity index (χ2v) is 5.00. The van der Waals surface area contributed by atoms with Gasteiger partial charge in [0.1, 0.15) is 12.3 Å². The van der Waals surface area contributed by atoms with Crippen molar-refractivity contribution in [2.75, 3.05) is 13.7 Å². The maximum absolute atomic E-state index is 12.0. The molecule has 0 spiro atoms. The second-order valence-electron chi connectivity index (χ2n) is 4.01. The highest BCUT2D eigenvalue weighted by atomic mass is 32.1. The Morgan fingerprint density at radius 3 is 3.11 bits per heavy atom. The van der Waals surface area contributed by atoms with Crippen LogP contribution in [0.4, 0.5) is 0 Å². The van der Waals surface area contributed by atoms with Crippen LogP contribution in [0, 0.1) is 11.8 Å². The molecule has 0 atom stereocenters. The van der Waals surface area contributed by atoms with Gasteiger partial charge >= 0.3 is 0 Å². The molecule has 0 radical (unpaired) electrons. The zero-order valence-corrected chi connectivity index (χ0v) is 11.3. The van der Waals surface area contributed by atoms with Crippen molar-refractivity contribution in [1.29, 1.82) is 0 Å². The van der Waals surface area contributed by atoms with Gasteiger partial charge in [-0.2, -0.15) is 0 Å². The number of H-pyrrole nitrogens is 1. The summed E-state index contributed by atoms with van der Waals surface area (Å²) < 4.78 is 0. The van der Waals surface area contributed by atoms with Gasteiger partial charge in [-0.1, -0.05) is 11.8 Å². The standard InChI is InChI=1S/C14H14N2O2S/c1-16(14(18)13-5-2-6-15-13)9-12-8-11(10-19-12)4-3-7-17/h2,5-6,8,10,15,17H,7,9H2,1H3. The molecular formula is C14H14N2O2S. The molecule has 0 saturated carbocycles. The van der Waals surface area contributed by atoms with E-state index in [0.717, 1.165) is 10.4 Å². The molecule has 2 rings (SSSR count). The topological polar surface area (TPSA) is 56.3 Å². The Morgan fingerprint density at radius 1 is 1.58 bits per heavy atom. The molecule has 0 aliphatic heterocycles. The summed E-state index contributed by atoms with van der Waals surface area (Å²) in [6.07, 6.45) is 1.73. The molecule has 0 saturated heterocycles. The van der Waals surface area contributed by atoms with E-state index in [9.17, 15) is 4.79 Å². The molecule has 5 heteroatoms. The molecule has 2 heterocycles. The minimum Gasteiger partial charge on any atom is -0.384 e. The fourth-order valence-electron chi connectivity index (χ4n) is 1.65.